The van der Waals surface area contributed by atoms with Gasteiger partial charge in [0.25, 0.3) is 5.78 Å². The number of nitrogens with zero attached hydrogens (tertiary/aromatic N) is 5. The summed E-state index contributed by atoms with van der Waals surface area (Å²) in [6.45, 7) is 4.31. The Kier molecular flexibility index (Phi) is 5.19. The molecule has 0 aliphatic heterocycles. The molecule has 26 heavy (non-hydrogen) atoms. The minimum Gasteiger partial charge on any atom is -0.366 e. The Morgan fingerprint density at radius 3 is 2.81 bits per heavy atom. The molecule has 3 N–H and O–H groups in total. The van der Waals surface area contributed by atoms with Crippen LogP contribution in [0.3, 0.4) is 0 Å². The second kappa shape index (κ2) is 7.38. The largest absolute Gasteiger partial charge is 0.366 e. The maximum atomic E-state index is 12.5. The average molecular weight is 373 g/mol. The van der Waals surface area contributed by atoms with Crippen molar-refractivity contribution in [3.63, 3.8) is 0 Å². The Morgan fingerprint density at radius 2 is 2.15 bits per heavy atom. The van der Waals surface area contributed by atoms with Gasteiger partial charge in [0.1, 0.15) is 0 Å². The van der Waals surface area contributed by atoms with Crippen LogP contribution in [0.2, 0.25) is 0 Å². The maximum absolute atomic E-state index is 12.5. The number of aryl methyl sites for hydroxylation is 2. The molecule has 0 spiro atoms. The number of nitrogen functional groups attached to an aromatic ring is 1. The number of nitrogens with one attached hydrogen (secondary N) is 1. The van der Waals surface area contributed by atoms with Crippen molar-refractivity contribution in [3.8, 4) is 0 Å². The summed E-state index contributed by atoms with van der Waals surface area (Å²) in [7, 11) is 4.02. The molecule has 3 rings (SSSR count). The average Bonchev–Trinajstić information content (AvgIpc) is 3.21. The minimum atomic E-state index is -0.0486. The molecule has 1 unspecified atom stereocenters. The monoisotopic (exact) mass is 373 g/mol. The van der Waals surface area contributed by atoms with E-state index in [1.54, 1.807) is 15.9 Å². The highest BCUT2D eigenvalue weighted by Crippen LogP contribution is 2.20. The molecule has 0 aliphatic carbocycles. The van der Waals surface area contributed by atoms with Gasteiger partial charge in [-0.15, -0.1) is 5.10 Å². The van der Waals surface area contributed by atoms with Crippen LogP contribution in [0, 0.1) is 13.8 Å². The molecule has 3 aromatic rings. The van der Waals surface area contributed by atoms with Gasteiger partial charge in [-0.3, -0.25) is 4.79 Å². The second-order valence-electron chi connectivity index (χ2n) is 6.46. The highest BCUT2D eigenvalue weighted by molar-refractivity contribution is 7.07. The predicted molar refractivity (Wildman–Crippen MR) is 102 cm³/mol. The van der Waals surface area contributed by atoms with E-state index in [-0.39, 0.29) is 24.3 Å². The van der Waals surface area contributed by atoms with E-state index in [4.69, 9.17) is 5.73 Å². The Bertz CT molecular complexity index is 917. The van der Waals surface area contributed by atoms with Crippen LogP contribution in [-0.4, -0.2) is 51.0 Å². The molecule has 3 heterocycles. The summed E-state index contributed by atoms with van der Waals surface area (Å²) in [5, 5.41) is 11.3. The summed E-state index contributed by atoms with van der Waals surface area (Å²) in [6, 6.07) is 2.23. The number of anilines is 1. The van der Waals surface area contributed by atoms with Gasteiger partial charge in [0.05, 0.1) is 12.5 Å². The molecule has 0 aliphatic rings. The third kappa shape index (κ3) is 3.68. The van der Waals surface area contributed by atoms with Crippen LogP contribution in [-0.2, 0) is 11.2 Å². The summed E-state index contributed by atoms with van der Waals surface area (Å²) in [4.78, 5) is 23.1. The van der Waals surface area contributed by atoms with Crippen LogP contribution in [0.4, 0.5) is 5.95 Å². The third-order valence-corrected chi connectivity index (χ3v) is 5.15. The van der Waals surface area contributed by atoms with Crippen molar-refractivity contribution < 1.29 is 4.79 Å². The Labute approximate surface area is 156 Å². The maximum Gasteiger partial charge on any atom is 0.254 e. The quantitative estimate of drug-likeness (QED) is 0.676. The van der Waals surface area contributed by atoms with Crippen LogP contribution >= 0.6 is 11.3 Å². The van der Waals surface area contributed by atoms with Crippen LogP contribution in [0.15, 0.2) is 16.8 Å². The summed E-state index contributed by atoms with van der Waals surface area (Å²) in [5.74, 6) is 0.575. The van der Waals surface area contributed by atoms with E-state index in [0.717, 1.165) is 17.0 Å². The van der Waals surface area contributed by atoms with Gasteiger partial charge in [-0.25, -0.2) is 4.98 Å². The van der Waals surface area contributed by atoms with Gasteiger partial charge in [0.2, 0.25) is 11.9 Å². The fourth-order valence-electron chi connectivity index (χ4n) is 2.98. The van der Waals surface area contributed by atoms with Crippen molar-refractivity contribution >= 4 is 29.0 Å². The van der Waals surface area contributed by atoms with Crippen LogP contribution in [0.5, 0.6) is 0 Å². The first-order valence-corrected chi connectivity index (χ1v) is 9.24. The van der Waals surface area contributed by atoms with Gasteiger partial charge < -0.3 is 16.0 Å². The SMILES string of the molecule is Cc1nc2nc(N)nn2c(C)c1CC(=O)NCC(c1ccsc1)N(C)C. The summed E-state index contributed by atoms with van der Waals surface area (Å²) >= 11 is 1.66. The number of hydrogen-bond acceptors (Lipinski definition) is 7. The van der Waals surface area contributed by atoms with E-state index < -0.39 is 0 Å². The van der Waals surface area contributed by atoms with Crippen molar-refractivity contribution in [2.45, 2.75) is 26.3 Å². The van der Waals surface area contributed by atoms with Crippen LogP contribution in [0.25, 0.3) is 5.78 Å². The van der Waals surface area contributed by atoms with E-state index in [1.165, 1.54) is 5.56 Å². The van der Waals surface area contributed by atoms with E-state index in [2.05, 4.69) is 36.7 Å². The second-order valence-corrected chi connectivity index (χ2v) is 7.24. The lowest BCUT2D eigenvalue weighted by molar-refractivity contribution is -0.120. The highest BCUT2D eigenvalue weighted by atomic mass is 32.1. The third-order valence-electron chi connectivity index (χ3n) is 4.45. The van der Waals surface area contributed by atoms with Gasteiger partial charge in [0.15, 0.2) is 0 Å². The number of fused-ring (bicyclic) bond motifs is 1. The Morgan fingerprint density at radius 1 is 1.38 bits per heavy atom. The lowest BCUT2D eigenvalue weighted by Gasteiger charge is -2.24. The summed E-state index contributed by atoms with van der Waals surface area (Å²) < 4.78 is 1.58. The molecule has 1 atom stereocenters. The first kappa shape index (κ1) is 18.3. The molecule has 138 valence electrons. The van der Waals surface area contributed by atoms with Gasteiger partial charge in [-0.1, -0.05) is 0 Å². The van der Waals surface area contributed by atoms with Crippen molar-refractivity contribution in [2.75, 3.05) is 26.4 Å². The van der Waals surface area contributed by atoms with Gasteiger partial charge >= 0.3 is 0 Å². The molecular weight excluding hydrogens is 350 g/mol. The van der Waals surface area contributed by atoms with E-state index in [0.29, 0.717) is 12.3 Å². The highest BCUT2D eigenvalue weighted by Gasteiger charge is 2.18. The molecule has 0 bridgehead atoms. The molecule has 1 amide bonds. The van der Waals surface area contributed by atoms with Crippen molar-refractivity contribution in [1.82, 2.24) is 29.8 Å². The number of carbonyl (C=O) groups is 1. The summed E-state index contributed by atoms with van der Waals surface area (Å²) in [6.07, 6.45) is 0.240. The number of hydrogen-bond donors (Lipinski definition) is 2. The van der Waals surface area contributed by atoms with Crippen molar-refractivity contribution in [1.29, 1.82) is 0 Å². The predicted octanol–water partition coefficient (Wildman–Crippen LogP) is 1.35. The van der Waals surface area contributed by atoms with E-state index in [1.807, 2.05) is 33.3 Å². The van der Waals surface area contributed by atoms with Crippen LogP contribution in [0.1, 0.15) is 28.6 Å². The van der Waals surface area contributed by atoms with Crippen LogP contribution < -0.4 is 11.1 Å². The number of aromatic nitrogens is 4. The topological polar surface area (TPSA) is 101 Å². The fourth-order valence-corrected chi connectivity index (χ4v) is 3.68. The molecule has 0 fully saturated rings. The minimum absolute atomic E-state index is 0.0486. The first-order valence-electron chi connectivity index (χ1n) is 8.30. The lowest BCUT2D eigenvalue weighted by Crippen LogP contribution is -2.35. The number of thiophene rings is 1. The zero-order valence-electron chi connectivity index (χ0n) is 15.4. The van der Waals surface area contributed by atoms with Gasteiger partial charge in [0, 0.05) is 23.5 Å². The van der Waals surface area contributed by atoms with Crippen molar-refractivity contribution in [2.24, 2.45) is 0 Å². The smallest absolute Gasteiger partial charge is 0.254 e. The normalized spacial score (nSPS) is 12.7. The lowest BCUT2D eigenvalue weighted by atomic mass is 10.1. The molecule has 0 aromatic carbocycles. The van der Waals surface area contributed by atoms with E-state index in [9.17, 15) is 4.79 Å². The molecule has 3 aromatic heterocycles. The van der Waals surface area contributed by atoms with E-state index >= 15 is 0 Å². The molecule has 9 heteroatoms. The number of amides is 1. The number of rotatable bonds is 6. The number of nitrogens with two attached hydrogens (primary N) is 1. The van der Waals surface area contributed by atoms with Crippen molar-refractivity contribution in [3.05, 3.63) is 39.3 Å². The molecular formula is C17H23N7OS. The van der Waals surface area contributed by atoms with Gasteiger partial charge in [-0.2, -0.15) is 20.8 Å². The number of likely N-dealkylation sites (N-methyl/N-ethyl adjacent to an activating group) is 1. The molecule has 0 saturated heterocycles. The number of carbonyl (C=O) groups excluding carboxylic acids is 1. The molecule has 8 nitrogen and oxygen atoms in total. The van der Waals surface area contributed by atoms with Gasteiger partial charge in [-0.05, 0) is 50.3 Å². The Balaban J connectivity index is 1.73. The fraction of sp³-hybridized carbons (Fsp3) is 0.412. The zero-order valence-corrected chi connectivity index (χ0v) is 16.2. The summed E-state index contributed by atoms with van der Waals surface area (Å²) in [5.41, 5.74) is 9.29. The zero-order chi connectivity index (χ0) is 18.8. The Hall–Kier alpha value is -2.52. The molecule has 0 saturated carbocycles. The standard InChI is InChI=1S/C17H23N7OS/c1-10-13(11(2)24-17(20-10)21-16(18)22-24)7-15(25)19-8-14(23(3)4)12-5-6-26-9-12/h5-6,9,14H,7-8H2,1-4H3,(H2,18,22)(H,19,25). The first-order chi connectivity index (χ1) is 12.4. The molecule has 0 radical (unpaired) electrons.